The Hall–Kier alpha value is -2.23. The van der Waals surface area contributed by atoms with E-state index in [4.69, 9.17) is 0 Å². The van der Waals surface area contributed by atoms with Gasteiger partial charge in [0.05, 0.1) is 5.52 Å². The van der Waals surface area contributed by atoms with Gasteiger partial charge in [0.2, 0.25) is 0 Å². The van der Waals surface area contributed by atoms with Crippen LogP contribution >= 0.6 is 0 Å². The minimum Gasteiger partial charge on any atom is -0.275 e. The van der Waals surface area contributed by atoms with Crippen molar-refractivity contribution in [2.24, 2.45) is 7.05 Å². The third-order valence-electron chi connectivity index (χ3n) is 3.19. The van der Waals surface area contributed by atoms with Gasteiger partial charge in [0, 0.05) is 30.3 Å². The van der Waals surface area contributed by atoms with Crippen molar-refractivity contribution in [1.82, 2.24) is 9.78 Å². The second-order valence-corrected chi connectivity index (χ2v) is 5.36. The molecule has 0 N–H and O–H groups in total. The van der Waals surface area contributed by atoms with E-state index in [2.05, 4.69) is 18.9 Å². The fraction of sp³-hybridized carbons (Fsp3) is 0.278. The van der Waals surface area contributed by atoms with Gasteiger partial charge < -0.3 is 0 Å². The Balaban J connectivity index is 0.000000545. The summed E-state index contributed by atoms with van der Waals surface area (Å²) in [5.41, 5.74) is 2.06. The van der Waals surface area contributed by atoms with E-state index < -0.39 is 5.82 Å². The largest absolute Gasteiger partial charge is 0.275 e. The summed E-state index contributed by atoms with van der Waals surface area (Å²) in [6, 6.07) is 7.80. The Labute approximate surface area is 129 Å². The van der Waals surface area contributed by atoms with Gasteiger partial charge in [-0.1, -0.05) is 32.4 Å². The van der Waals surface area contributed by atoms with E-state index in [1.165, 1.54) is 18.6 Å². The zero-order valence-corrected chi connectivity index (χ0v) is 13.3. The molecule has 0 fully saturated rings. The SMILES string of the molecule is CCC.Cc1ccc(-c2cc3cn(C)nc3cc2F)cc1F. The number of aromatic nitrogens is 2. The second kappa shape index (κ2) is 6.69. The van der Waals surface area contributed by atoms with E-state index in [0.717, 1.165) is 5.39 Å². The molecule has 4 heteroatoms. The molecule has 0 radical (unpaired) electrons. The molecule has 0 aliphatic heterocycles. The van der Waals surface area contributed by atoms with Crippen molar-refractivity contribution >= 4 is 10.9 Å². The maximum Gasteiger partial charge on any atom is 0.133 e. The van der Waals surface area contributed by atoms with Crippen LogP contribution in [0.25, 0.3) is 22.0 Å². The lowest BCUT2D eigenvalue weighted by Crippen LogP contribution is -1.88. The lowest BCUT2D eigenvalue weighted by molar-refractivity contribution is 0.617. The highest BCUT2D eigenvalue weighted by Crippen LogP contribution is 2.28. The summed E-state index contributed by atoms with van der Waals surface area (Å²) in [5, 5.41) is 4.98. The van der Waals surface area contributed by atoms with Gasteiger partial charge in [0.1, 0.15) is 11.6 Å². The average molecular weight is 302 g/mol. The minimum atomic E-state index is -0.394. The molecular weight excluding hydrogens is 282 g/mol. The van der Waals surface area contributed by atoms with E-state index in [-0.39, 0.29) is 5.82 Å². The van der Waals surface area contributed by atoms with Crippen LogP contribution in [0.1, 0.15) is 25.8 Å². The Kier molecular flexibility index (Phi) is 4.91. The number of hydrogen-bond acceptors (Lipinski definition) is 1. The van der Waals surface area contributed by atoms with E-state index in [9.17, 15) is 8.78 Å². The molecule has 0 spiro atoms. The van der Waals surface area contributed by atoms with Crippen molar-refractivity contribution in [1.29, 1.82) is 0 Å². The van der Waals surface area contributed by atoms with Gasteiger partial charge in [0.25, 0.3) is 0 Å². The first-order valence-corrected chi connectivity index (χ1v) is 7.35. The molecule has 1 aromatic heterocycles. The van der Waals surface area contributed by atoms with Crippen LogP contribution in [0.2, 0.25) is 0 Å². The van der Waals surface area contributed by atoms with Gasteiger partial charge in [-0.15, -0.1) is 0 Å². The van der Waals surface area contributed by atoms with Gasteiger partial charge in [-0.2, -0.15) is 5.10 Å². The summed E-state index contributed by atoms with van der Waals surface area (Å²) < 4.78 is 29.3. The van der Waals surface area contributed by atoms with Crippen LogP contribution in [0.3, 0.4) is 0 Å². The van der Waals surface area contributed by atoms with Crippen LogP contribution < -0.4 is 0 Å². The van der Waals surface area contributed by atoms with Crippen LogP contribution in [0.15, 0.2) is 36.5 Å². The molecule has 116 valence electrons. The predicted octanol–water partition coefficient (Wildman–Crippen LogP) is 5.24. The van der Waals surface area contributed by atoms with Crippen molar-refractivity contribution in [2.75, 3.05) is 0 Å². The third-order valence-corrected chi connectivity index (χ3v) is 3.19. The average Bonchev–Trinajstić information content (AvgIpc) is 2.81. The Morgan fingerprint density at radius 3 is 2.36 bits per heavy atom. The molecule has 3 rings (SSSR count). The molecule has 0 saturated carbocycles. The van der Waals surface area contributed by atoms with E-state index in [1.54, 1.807) is 36.9 Å². The zero-order valence-electron chi connectivity index (χ0n) is 13.3. The predicted molar refractivity (Wildman–Crippen MR) is 86.8 cm³/mol. The Morgan fingerprint density at radius 2 is 1.73 bits per heavy atom. The van der Waals surface area contributed by atoms with Gasteiger partial charge in [-0.05, 0) is 30.2 Å². The number of rotatable bonds is 1. The molecule has 0 saturated heterocycles. The monoisotopic (exact) mass is 302 g/mol. The van der Waals surface area contributed by atoms with Crippen molar-refractivity contribution < 1.29 is 8.78 Å². The molecule has 0 aliphatic carbocycles. The summed E-state index contributed by atoms with van der Waals surface area (Å²) in [5.74, 6) is -0.724. The number of halogens is 2. The smallest absolute Gasteiger partial charge is 0.133 e. The van der Waals surface area contributed by atoms with Gasteiger partial charge in [0.15, 0.2) is 0 Å². The maximum atomic E-state index is 14.1. The standard InChI is InChI=1S/C15H12F2N2.C3H8/c1-9-3-4-10(6-13(9)16)12-5-11-8-19(2)18-15(11)7-14(12)17;1-3-2/h3-8H,1-2H3;3H2,1-2H3. The first-order chi connectivity index (χ1) is 10.5. The molecule has 3 aromatic rings. The zero-order chi connectivity index (χ0) is 16.3. The molecule has 0 bridgehead atoms. The topological polar surface area (TPSA) is 17.8 Å². The number of nitrogens with zero attached hydrogens (tertiary/aromatic N) is 2. The fourth-order valence-electron chi connectivity index (χ4n) is 2.15. The summed E-state index contributed by atoms with van der Waals surface area (Å²) in [7, 11) is 1.78. The highest BCUT2D eigenvalue weighted by atomic mass is 19.1. The normalized spacial score (nSPS) is 10.5. The highest BCUT2D eigenvalue weighted by Gasteiger charge is 2.10. The van der Waals surface area contributed by atoms with E-state index in [0.29, 0.717) is 22.2 Å². The highest BCUT2D eigenvalue weighted by molar-refractivity contribution is 5.84. The van der Waals surface area contributed by atoms with Crippen LogP contribution in [-0.2, 0) is 7.05 Å². The molecule has 0 aliphatic rings. The summed E-state index contributed by atoms with van der Waals surface area (Å²) in [6.07, 6.45) is 3.06. The molecule has 2 nitrogen and oxygen atoms in total. The molecule has 1 heterocycles. The molecule has 0 atom stereocenters. The molecule has 2 aromatic carbocycles. The first-order valence-electron chi connectivity index (χ1n) is 7.35. The fourth-order valence-corrected chi connectivity index (χ4v) is 2.15. The third kappa shape index (κ3) is 3.32. The number of benzene rings is 2. The molecular formula is C18H20F2N2. The van der Waals surface area contributed by atoms with Crippen LogP contribution in [0.4, 0.5) is 8.78 Å². The second-order valence-electron chi connectivity index (χ2n) is 5.36. The Bertz CT molecular complexity index is 791. The summed E-state index contributed by atoms with van der Waals surface area (Å²) in [4.78, 5) is 0. The number of hydrogen-bond donors (Lipinski definition) is 0. The quantitative estimate of drug-likeness (QED) is 0.601. The number of aryl methyl sites for hydroxylation is 2. The number of fused-ring (bicyclic) bond motifs is 1. The van der Waals surface area contributed by atoms with Crippen molar-refractivity contribution in [3.63, 3.8) is 0 Å². The Morgan fingerprint density at radius 1 is 1.05 bits per heavy atom. The molecule has 0 unspecified atom stereocenters. The summed E-state index contributed by atoms with van der Waals surface area (Å²) >= 11 is 0. The van der Waals surface area contributed by atoms with E-state index in [1.807, 2.05) is 6.20 Å². The van der Waals surface area contributed by atoms with E-state index >= 15 is 0 Å². The lowest BCUT2D eigenvalue weighted by Gasteiger charge is -2.05. The van der Waals surface area contributed by atoms with Gasteiger partial charge >= 0.3 is 0 Å². The van der Waals surface area contributed by atoms with Crippen LogP contribution in [0.5, 0.6) is 0 Å². The minimum absolute atomic E-state index is 0.330. The summed E-state index contributed by atoms with van der Waals surface area (Å²) in [6.45, 7) is 5.93. The van der Waals surface area contributed by atoms with Crippen LogP contribution in [0, 0.1) is 18.6 Å². The van der Waals surface area contributed by atoms with Gasteiger partial charge in [-0.3, -0.25) is 4.68 Å². The molecule has 0 amide bonds. The lowest BCUT2D eigenvalue weighted by atomic mass is 10.0. The van der Waals surface area contributed by atoms with Crippen molar-refractivity contribution in [3.05, 3.63) is 53.7 Å². The molecule has 22 heavy (non-hydrogen) atoms. The van der Waals surface area contributed by atoms with Crippen molar-refractivity contribution in [2.45, 2.75) is 27.2 Å². The van der Waals surface area contributed by atoms with Crippen molar-refractivity contribution in [3.8, 4) is 11.1 Å². The van der Waals surface area contributed by atoms with Gasteiger partial charge in [-0.25, -0.2) is 8.78 Å². The van der Waals surface area contributed by atoms with Crippen LogP contribution in [-0.4, -0.2) is 9.78 Å². The first kappa shape index (κ1) is 16.1. The maximum absolute atomic E-state index is 14.1.